The summed E-state index contributed by atoms with van der Waals surface area (Å²) < 4.78 is 25.5. The van der Waals surface area contributed by atoms with Gasteiger partial charge in [-0.2, -0.15) is 14.0 Å². The Morgan fingerprint density at radius 2 is 2.12 bits per heavy atom. The number of hydrogen-bond acceptors (Lipinski definition) is 3. The lowest BCUT2D eigenvalue weighted by Gasteiger charge is -2.12. The highest BCUT2D eigenvalue weighted by atomic mass is 19.3. The molecule has 3 N–H and O–H groups in total. The van der Waals surface area contributed by atoms with Gasteiger partial charge in [0, 0.05) is 12.8 Å². The molecule has 1 aliphatic rings. The summed E-state index contributed by atoms with van der Waals surface area (Å²) in [6, 6.07) is 1.93. The van der Waals surface area contributed by atoms with E-state index in [9.17, 15) is 18.4 Å². The molecule has 0 spiro atoms. The maximum absolute atomic E-state index is 12.7. The van der Waals surface area contributed by atoms with Gasteiger partial charge >= 0.3 is 5.92 Å². The lowest BCUT2D eigenvalue weighted by molar-refractivity contribution is -0.142. The van der Waals surface area contributed by atoms with E-state index in [4.69, 9.17) is 5.26 Å². The fourth-order valence-electron chi connectivity index (χ4n) is 1.18. The molecule has 0 aromatic rings. The van der Waals surface area contributed by atoms with Crippen molar-refractivity contribution in [2.45, 2.75) is 37.1 Å². The van der Waals surface area contributed by atoms with Crippen LogP contribution in [-0.2, 0) is 9.59 Å². The summed E-state index contributed by atoms with van der Waals surface area (Å²) in [6.45, 7) is 0. The summed E-state index contributed by atoms with van der Waals surface area (Å²) in [6.07, 6.45) is 1.05. The Bertz CT molecular complexity index is 372. The minimum Gasteiger partial charge on any atom is -0.364 e. The number of nitriles is 1. The number of rotatable bonds is 6. The number of hydrogen-bond donors (Lipinski definition) is 2. The van der Waals surface area contributed by atoms with Crippen molar-refractivity contribution < 1.29 is 18.4 Å². The quantitative estimate of drug-likeness (QED) is 0.701. The molecule has 1 aliphatic carbocycles. The SMILES string of the molecule is N#CC1(NC(=O)[CH]CCC(F)(F)C(N)=O)CC1. The van der Waals surface area contributed by atoms with Gasteiger partial charge < -0.3 is 11.1 Å². The molecule has 1 saturated carbocycles. The van der Waals surface area contributed by atoms with Crippen LogP contribution in [0, 0.1) is 17.8 Å². The van der Waals surface area contributed by atoms with E-state index < -0.39 is 29.7 Å². The fraction of sp³-hybridized carbons (Fsp3) is 0.600. The van der Waals surface area contributed by atoms with Crippen molar-refractivity contribution in [2.24, 2.45) is 5.73 Å². The van der Waals surface area contributed by atoms with E-state index in [1.54, 1.807) is 0 Å². The molecular weight excluding hydrogens is 232 g/mol. The molecule has 93 valence electrons. The van der Waals surface area contributed by atoms with Crippen LogP contribution in [0.3, 0.4) is 0 Å². The van der Waals surface area contributed by atoms with Crippen molar-refractivity contribution in [3.63, 3.8) is 0 Å². The molecule has 1 radical (unpaired) electrons. The van der Waals surface area contributed by atoms with Gasteiger partial charge in [-0.25, -0.2) is 0 Å². The smallest absolute Gasteiger partial charge is 0.324 e. The van der Waals surface area contributed by atoms with Gasteiger partial charge in [0.1, 0.15) is 5.54 Å². The van der Waals surface area contributed by atoms with Crippen LogP contribution < -0.4 is 11.1 Å². The number of nitrogens with two attached hydrogens (primary N) is 1. The first-order chi connectivity index (χ1) is 7.81. The maximum Gasteiger partial charge on any atom is 0.324 e. The van der Waals surface area contributed by atoms with Gasteiger partial charge in [0.2, 0.25) is 5.91 Å². The Morgan fingerprint density at radius 3 is 2.53 bits per heavy atom. The zero-order valence-electron chi connectivity index (χ0n) is 9.00. The number of carbonyl (C=O) groups excluding carboxylic acids is 2. The van der Waals surface area contributed by atoms with Gasteiger partial charge in [-0.15, -0.1) is 0 Å². The Balaban J connectivity index is 2.26. The van der Waals surface area contributed by atoms with E-state index in [1.807, 2.05) is 6.07 Å². The highest BCUT2D eigenvalue weighted by Gasteiger charge is 2.44. The minimum absolute atomic E-state index is 0.275. The Kier molecular flexibility index (Phi) is 3.66. The van der Waals surface area contributed by atoms with E-state index in [-0.39, 0.29) is 6.42 Å². The monoisotopic (exact) mass is 244 g/mol. The van der Waals surface area contributed by atoms with Crippen molar-refractivity contribution in [1.29, 1.82) is 5.26 Å². The van der Waals surface area contributed by atoms with Gasteiger partial charge in [0.15, 0.2) is 0 Å². The molecule has 0 atom stereocenters. The molecule has 0 aliphatic heterocycles. The molecule has 2 amide bonds. The standard InChI is InChI=1S/C10H12F2N3O2/c11-10(12,8(14)17)3-1-2-7(16)15-9(6-13)4-5-9/h2H,1,3-5H2,(H2,14,17)(H,15,16). The zero-order valence-corrected chi connectivity index (χ0v) is 9.00. The Labute approximate surface area is 97.0 Å². The van der Waals surface area contributed by atoms with Gasteiger partial charge in [0.25, 0.3) is 5.91 Å². The number of alkyl halides is 2. The number of amides is 2. The van der Waals surface area contributed by atoms with Crippen molar-refractivity contribution in [1.82, 2.24) is 5.32 Å². The maximum atomic E-state index is 12.7. The number of nitrogens with zero attached hydrogens (tertiary/aromatic N) is 1. The third-order valence-corrected chi connectivity index (χ3v) is 2.48. The molecule has 0 aromatic heterocycles. The molecular formula is C10H12F2N3O2. The summed E-state index contributed by atoms with van der Waals surface area (Å²) >= 11 is 0. The minimum atomic E-state index is -3.61. The van der Waals surface area contributed by atoms with Crippen LogP contribution in [-0.4, -0.2) is 23.3 Å². The first kappa shape index (κ1) is 13.4. The van der Waals surface area contributed by atoms with Crippen LogP contribution in [0.4, 0.5) is 8.78 Å². The van der Waals surface area contributed by atoms with E-state index in [2.05, 4.69) is 11.1 Å². The average Bonchev–Trinajstić information content (AvgIpc) is 2.98. The van der Waals surface area contributed by atoms with Crippen LogP contribution in [0.25, 0.3) is 0 Å². The third-order valence-electron chi connectivity index (χ3n) is 2.48. The van der Waals surface area contributed by atoms with Gasteiger partial charge in [-0.05, 0) is 19.3 Å². The zero-order chi connectivity index (χ0) is 13.1. The van der Waals surface area contributed by atoms with E-state index in [1.165, 1.54) is 0 Å². The molecule has 0 aromatic carbocycles. The van der Waals surface area contributed by atoms with E-state index >= 15 is 0 Å². The van der Waals surface area contributed by atoms with Crippen LogP contribution in [0.5, 0.6) is 0 Å². The van der Waals surface area contributed by atoms with Crippen LogP contribution in [0.15, 0.2) is 0 Å². The van der Waals surface area contributed by atoms with E-state index in [0.717, 1.165) is 6.42 Å². The third kappa shape index (κ3) is 3.66. The van der Waals surface area contributed by atoms with Crippen LogP contribution in [0.1, 0.15) is 25.7 Å². The lowest BCUT2D eigenvalue weighted by Crippen LogP contribution is -2.37. The number of nitrogens with one attached hydrogen (secondary N) is 1. The number of primary amides is 1. The lowest BCUT2D eigenvalue weighted by atomic mass is 10.1. The summed E-state index contributed by atoms with van der Waals surface area (Å²) in [5.41, 5.74) is 3.65. The van der Waals surface area contributed by atoms with Crippen molar-refractivity contribution in [3.8, 4) is 6.07 Å². The summed E-state index contributed by atoms with van der Waals surface area (Å²) in [5.74, 6) is -5.89. The second-order valence-electron chi connectivity index (χ2n) is 3.99. The number of halogens is 2. The Hall–Kier alpha value is -1.71. The normalized spacial score (nSPS) is 17.0. The molecule has 0 unspecified atom stereocenters. The van der Waals surface area contributed by atoms with Crippen molar-refractivity contribution in [2.75, 3.05) is 0 Å². The highest BCUT2D eigenvalue weighted by molar-refractivity contribution is 5.86. The van der Waals surface area contributed by atoms with Gasteiger partial charge in [0.05, 0.1) is 6.07 Å². The molecule has 1 fully saturated rings. The van der Waals surface area contributed by atoms with E-state index in [0.29, 0.717) is 12.8 Å². The molecule has 5 nitrogen and oxygen atoms in total. The van der Waals surface area contributed by atoms with Gasteiger partial charge in [-0.3, -0.25) is 9.59 Å². The molecule has 0 bridgehead atoms. The predicted octanol–water partition coefficient (Wildman–Crippen LogP) is 0.264. The summed E-state index contributed by atoms with van der Waals surface area (Å²) in [4.78, 5) is 21.5. The first-order valence-corrected chi connectivity index (χ1v) is 5.06. The summed E-state index contributed by atoms with van der Waals surface area (Å²) in [5, 5.41) is 11.1. The highest BCUT2D eigenvalue weighted by Crippen LogP contribution is 2.34. The topological polar surface area (TPSA) is 96.0 Å². The predicted molar refractivity (Wildman–Crippen MR) is 53.4 cm³/mol. The van der Waals surface area contributed by atoms with Crippen LogP contribution >= 0.6 is 0 Å². The molecule has 0 heterocycles. The first-order valence-electron chi connectivity index (χ1n) is 5.06. The molecule has 0 saturated heterocycles. The largest absolute Gasteiger partial charge is 0.364 e. The number of carbonyl (C=O) groups is 2. The van der Waals surface area contributed by atoms with Crippen molar-refractivity contribution >= 4 is 11.8 Å². The fourth-order valence-corrected chi connectivity index (χ4v) is 1.18. The average molecular weight is 244 g/mol. The van der Waals surface area contributed by atoms with Crippen LogP contribution in [0.2, 0.25) is 0 Å². The molecule has 17 heavy (non-hydrogen) atoms. The second-order valence-corrected chi connectivity index (χ2v) is 3.99. The Morgan fingerprint density at radius 1 is 1.53 bits per heavy atom. The van der Waals surface area contributed by atoms with Gasteiger partial charge in [-0.1, -0.05) is 0 Å². The summed E-state index contributed by atoms with van der Waals surface area (Å²) in [7, 11) is 0. The molecule has 7 heteroatoms. The molecule has 1 rings (SSSR count). The second kappa shape index (κ2) is 4.65. The van der Waals surface area contributed by atoms with Crippen molar-refractivity contribution in [3.05, 3.63) is 6.42 Å².